The molecule has 9 aliphatic rings. The van der Waals surface area contributed by atoms with E-state index in [1.54, 1.807) is 13.0 Å². The molecule has 6 saturated heterocycles. The van der Waals surface area contributed by atoms with Gasteiger partial charge in [-0.3, -0.25) is 10.1 Å². The number of rotatable bonds is 7. The molecule has 9 fully saturated rings. The molecule has 23 atom stereocenters. The van der Waals surface area contributed by atoms with Gasteiger partial charge in [-0.25, -0.2) is 4.79 Å². The third kappa shape index (κ3) is 8.19. The van der Waals surface area contributed by atoms with Crippen LogP contribution in [-0.2, 0) is 23.8 Å². The number of piperidine rings is 3. The van der Waals surface area contributed by atoms with Crippen LogP contribution in [0.2, 0.25) is 0 Å². The molecule has 6 aliphatic heterocycles. The number of allylic oxidation sites excluding steroid dienone is 1. The molecule has 3 saturated carbocycles. The van der Waals surface area contributed by atoms with E-state index in [1.807, 2.05) is 0 Å². The zero-order chi connectivity index (χ0) is 43.6. The van der Waals surface area contributed by atoms with E-state index < -0.39 is 72.6 Å². The molecule has 0 aromatic carbocycles. The predicted molar refractivity (Wildman–Crippen MR) is 228 cm³/mol. The molecule has 3 aliphatic carbocycles. The molecule has 62 heavy (non-hydrogen) atoms. The lowest BCUT2D eigenvalue weighted by molar-refractivity contribution is -0.718. The van der Waals surface area contributed by atoms with Gasteiger partial charge in [-0.2, -0.15) is 0 Å². The number of aliphatic hydroxyl groups is 5. The van der Waals surface area contributed by atoms with Crippen molar-refractivity contribution in [3.05, 3.63) is 11.6 Å². The van der Waals surface area contributed by atoms with Crippen LogP contribution in [0.3, 0.4) is 0 Å². The van der Waals surface area contributed by atoms with Crippen LogP contribution < -0.4 is 21.7 Å². The van der Waals surface area contributed by atoms with E-state index in [0.717, 1.165) is 64.3 Å². The Morgan fingerprint density at radius 2 is 1.69 bits per heavy atom. The smallest absolute Gasteiger partial charge is 0.336 e. The zero-order valence-electron chi connectivity index (χ0n) is 37.4. The van der Waals surface area contributed by atoms with Gasteiger partial charge in [0.15, 0.2) is 0 Å². The third-order valence-electron chi connectivity index (χ3n) is 19.0. The molecule has 14 nitrogen and oxygen atoms in total. The first-order valence-corrected chi connectivity index (χ1v) is 24.9. The number of carbonyl (C=O) groups is 2. The Bertz CT molecular complexity index is 1640. The minimum absolute atomic E-state index is 0.0123. The second-order valence-electron chi connectivity index (χ2n) is 22.0. The molecule has 0 amide bonds. The van der Waals surface area contributed by atoms with Gasteiger partial charge in [-0.15, -0.1) is 0 Å². The molecule has 4 bridgehead atoms. The standard InChI is InChI=1S/C48H78N4O10/c1-4-25(20-53)47(59)61-37-18-34-42(58)40-36(57)17-31(21-54)60-44(40)41-39-32-11-12-50-45(49)38(32)27(8-7-26-9-10-30(56)16-33(26)35(39)22-55)15-29(48(37,3)62-43(34)41)14-24-13-28-6-5-23(2)52-46(28)51-19-24/h4,23-24,26-35,37-46,50-56,58H,5-22,49H2,1-3H3/p+1. The average Bonchev–Trinajstić information content (AvgIpc) is 3.30. The molecular weight excluding hydrogens is 793 g/mol. The largest absolute Gasteiger partial charge is 0.456 e. The van der Waals surface area contributed by atoms with E-state index >= 15 is 0 Å². The zero-order valence-corrected chi connectivity index (χ0v) is 37.4. The molecule has 6 heterocycles. The molecule has 23 unspecified atom stereocenters. The summed E-state index contributed by atoms with van der Waals surface area (Å²) in [4.78, 5) is 28.5. The maximum atomic E-state index is 14.4. The second kappa shape index (κ2) is 18.6. The van der Waals surface area contributed by atoms with Gasteiger partial charge >= 0.3 is 5.97 Å². The Kier molecular flexibility index (Phi) is 13.7. The predicted octanol–water partition coefficient (Wildman–Crippen LogP) is 0.956. The Morgan fingerprint density at radius 1 is 0.919 bits per heavy atom. The van der Waals surface area contributed by atoms with Crippen molar-refractivity contribution in [1.82, 2.24) is 10.6 Å². The summed E-state index contributed by atoms with van der Waals surface area (Å²) in [5.74, 6) is -1.77. The lowest BCUT2D eigenvalue weighted by Gasteiger charge is -2.63. The number of ether oxygens (including phenoxy) is 3. The summed E-state index contributed by atoms with van der Waals surface area (Å²) in [6.45, 7) is 6.91. The van der Waals surface area contributed by atoms with E-state index in [9.17, 15) is 35.1 Å². The minimum atomic E-state index is -1.15. The van der Waals surface area contributed by atoms with Crippen LogP contribution in [0.1, 0.15) is 104 Å². The summed E-state index contributed by atoms with van der Waals surface area (Å²) >= 11 is 0. The quantitative estimate of drug-likeness (QED) is 0.129. The maximum Gasteiger partial charge on any atom is 0.336 e. The molecule has 0 radical (unpaired) electrons. The number of ketones is 1. The number of nitrogens with two attached hydrogens (primary N) is 2. The first-order valence-electron chi connectivity index (χ1n) is 24.9. The number of Topliss-reactive ketones (excluding diaryl/α,β-unsaturated/α-hetero) is 1. The normalized spacial score (nSPS) is 51.9. The van der Waals surface area contributed by atoms with Crippen molar-refractivity contribution in [1.29, 1.82) is 0 Å². The van der Waals surface area contributed by atoms with Gasteiger partial charge in [-0.05, 0) is 152 Å². The highest BCUT2D eigenvalue weighted by Crippen LogP contribution is 2.61. The molecule has 9 rings (SSSR count). The van der Waals surface area contributed by atoms with E-state index in [0.29, 0.717) is 37.0 Å². The first-order chi connectivity index (χ1) is 29.9. The summed E-state index contributed by atoms with van der Waals surface area (Å²) in [7, 11) is 0. The van der Waals surface area contributed by atoms with E-state index in [2.05, 4.69) is 29.8 Å². The van der Waals surface area contributed by atoms with Crippen molar-refractivity contribution in [3.63, 3.8) is 0 Å². The number of carbonyl (C=O) groups excluding carboxylic acids is 2. The topological polar surface area (TPSA) is 230 Å². The van der Waals surface area contributed by atoms with Crippen molar-refractivity contribution in [2.75, 3.05) is 32.9 Å². The van der Waals surface area contributed by atoms with Crippen LogP contribution in [0.25, 0.3) is 0 Å². The fourth-order valence-electron chi connectivity index (χ4n) is 16.0. The van der Waals surface area contributed by atoms with E-state index in [-0.39, 0.29) is 90.9 Å². The number of esters is 1. The minimum Gasteiger partial charge on any atom is -0.456 e. The van der Waals surface area contributed by atoms with E-state index in [1.165, 1.54) is 6.42 Å². The van der Waals surface area contributed by atoms with Crippen molar-refractivity contribution in [2.45, 2.75) is 165 Å². The summed E-state index contributed by atoms with van der Waals surface area (Å²) in [6.07, 6.45) is 7.45. The fraction of sp³-hybridized carbons (Fsp3) is 0.917. The molecule has 11 N–H and O–H groups in total. The van der Waals surface area contributed by atoms with Gasteiger partial charge in [0.2, 0.25) is 0 Å². The highest BCUT2D eigenvalue weighted by Gasteiger charge is 2.67. The Balaban J connectivity index is 1.22. The lowest BCUT2D eigenvalue weighted by atomic mass is 9.50. The average molecular weight is 872 g/mol. The number of hydrogen-bond donors (Lipinski definition) is 9. The SMILES string of the molecule is CC=C(CO)C(=O)OC1CC2C(O)C3C(=O)CC(CO)OC3C3C2OC1(C)C(CC1C[NH2+]C2NC(C)CCC2C1)CC1CCC2CCC(O)CC2C(CO)C3C2CCNC(N)C12. The monoisotopic (exact) mass is 872 g/mol. The van der Waals surface area contributed by atoms with Crippen molar-refractivity contribution in [3.8, 4) is 0 Å². The van der Waals surface area contributed by atoms with Crippen molar-refractivity contribution in [2.24, 2.45) is 82.7 Å². The van der Waals surface area contributed by atoms with Crippen LogP contribution in [0.4, 0.5) is 0 Å². The van der Waals surface area contributed by atoms with Gasteiger partial charge in [-0.1, -0.05) is 6.08 Å². The molecular formula is C48H79N4O10+. The highest BCUT2D eigenvalue weighted by atomic mass is 16.6. The van der Waals surface area contributed by atoms with Crippen molar-refractivity contribution >= 4 is 11.8 Å². The van der Waals surface area contributed by atoms with Crippen LogP contribution >= 0.6 is 0 Å². The third-order valence-corrected chi connectivity index (χ3v) is 19.0. The number of quaternary nitrogens is 1. The summed E-state index contributed by atoms with van der Waals surface area (Å²) in [5, 5.41) is 66.7. The lowest BCUT2D eigenvalue weighted by Crippen LogP contribution is -2.98. The van der Waals surface area contributed by atoms with Crippen LogP contribution in [-0.4, -0.2) is 131 Å². The molecule has 350 valence electrons. The highest BCUT2D eigenvalue weighted by molar-refractivity contribution is 5.88. The first kappa shape index (κ1) is 45.6. The Labute approximate surface area is 368 Å². The van der Waals surface area contributed by atoms with Crippen molar-refractivity contribution < 1.29 is 54.6 Å². The summed E-state index contributed by atoms with van der Waals surface area (Å²) in [5.41, 5.74) is 6.49. The van der Waals surface area contributed by atoms with Gasteiger partial charge < -0.3 is 56.1 Å². The van der Waals surface area contributed by atoms with Gasteiger partial charge in [0.25, 0.3) is 0 Å². The number of nitrogens with one attached hydrogen (secondary N) is 2. The summed E-state index contributed by atoms with van der Waals surface area (Å²) < 4.78 is 21.3. The number of fused-ring (bicyclic) bond motifs is 6. The molecule has 14 heteroatoms. The van der Waals surface area contributed by atoms with Gasteiger partial charge in [0, 0.05) is 42.7 Å². The van der Waals surface area contributed by atoms with Crippen LogP contribution in [0, 0.1) is 76.9 Å². The van der Waals surface area contributed by atoms with Gasteiger partial charge in [0.05, 0.1) is 67.9 Å². The summed E-state index contributed by atoms with van der Waals surface area (Å²) in [6, 6.07) is 0.502. The Morgan fingerprint density at radius 3 is 2.45 bits per heavy atom. The molecule has 0 aromatic rings. The van der Waals surface area contributed by atoms with E-state index in [4.69, 9.17) is 19.9 Å². The molecule has 0 spiro atoms. The molecule has 0 aromatic heterocycles. The fourth-order valence-corrected chi connectivity index (χ4v) is 16.0. The van der Waals surface area contributed by atoms with Gasteiger partial charge in [0.1, 0.15) is 23.7 Å². The van der Waals surface area contributed by atoms with Crippen LogP contribution in [0.15, 0.2) is 11.6 Å². The maximum absolute atomic E-state index is 14.4. The van der Waals surface area contributed by atoms with Crippen LogP contribution in [0.5, 0.6) is 0 Å². The number of aliphatic hydroxyl groups excluding tert-OH is 5. The number of hydrogen-bond acceptors (Lipinski definition) is 13. The second-order valence-corrected chi connectivity index (χ2v) is 22.0. The Hall–Kier alpha value is -1.56.